The van der Waals surface area contributed by atoms with E-state index in [4.69, 9.17) is 23.2 Å². The van der Waals surface area contributed by atoms with Crippen LogP contribution in [0, 0.1) is 0 Å². The summed E-state index contributed by atoms with van der Waals surface area (Å²) in [5.74, 6) is 0.613. The average Bonchev–Trinajstić information content (AvgIpc) is 2.61. The van der Waals surface area contributed by atoms with Crippen LogP contribution in [0.1, 0.15) is 17.3 Å². The second-order valence-electron chi connectivity index (χ2n) is 5.94. The number of halogens is 2. The van der Waals surface area contributed by atoms with E-state index in [-0.39, 0.29) is 5.91 Å². The van der Waals surface area contributed by atoms with Crippen LogP contribution in [0.3, 0.4) is 0 Å². The Hall–Kier alpha value is -1.82. The molecule has 3 rings (SSSR count). The number of nitrogens with one attached hydrogen (secondary N) is 1. The first-order chi connectivity index (χ1) is 12.0. The van der Waals surface area contributed by atoms with E-state index in [1.165, 1.54) is 0 Å². The minimum atomic E-state index is -0.214. The first kappa shape index (κ1) is 18.0. The van der Waals surface area contributed by atoms with Crippen LogP contribution in [0.15, 0.2) is 36.5 Å². The topological polar surface area (TPSA) is 48.5 Å². The highest BCUT2D eigenvalue weighted by atomic mass is 35.5. The van der Waals surface area contributed by atoms with Crippen LogP contribution < -0.4 is 10.2 Å². The number of anilines is 2. The Morgan fingerprint density at radius 2 is 1.80 bits per heavy atom. The lowest BCUT2D eigenvalue weighted by Crippen LogP contribution is -2.46. The van der Waals surface area contributed by atoms with Crippen molar-refractivity contribution in [3.05, 3.63) is 52.1 Å². The van der Waals surface area contributed by atoms with Crippen molar-refractivity contribution in [1.29, 1.82) is 0 Å². The average molecular weight is 379 g/mol. The molecule has 7 heteroatoms. The molecule has 0 aliphatic carbocycles. The van der Waals surface area contributed by atoms with E-state index in [0.29, 0.717) is 21.3 Å². The van der Waals surface area contributed by atoms with Gasteiger partial charge in [0, 0.05) is 53.7 Å². The molecule has 1 fully saturated rings. The largest absolute Gasteiger partial charge is 0.354 e. The summed E-state index contributed by atoms with van der Waals surface area (Å²) < 4.78 is 0. The summed E-state index contributed by atoms with van der Waals surface area (Å²) in [6.07, 6.45) is 1.67. The highest BCUT2D eigenvalue weighted by Gasteiger charge is 2.18. The number of hydrogen-bond acceptors (Lipinski definition) is 4. The molecule has 1 amide bonds. The van der Waals surface area contributed by atoms with E-state index in [0.717, 1.165) is 38.5 Å². The van der Waals surface area contributed by atoms with Gasteiger partial charge in [0.25, 0.3) is 5.91 Å². The van der Waals surface area contributed by atoms with Gasteiger partial charge in [0.15, 0.2) is 0 Å². The van der Waals surface area contributed by atoms with Crippen LogP contribution in [0.5, 0.6) is 0 Å². The predicted octanol–water partition coefficient (Wildman–Crippen LogP) is 3.78. The molecule has 5 nitrogen and oxygen atoms in total. The Balaban J connectivity index is 1.71. The third-order valence-electron chi connectivity index (χ3n) is 4.27. The van der Waals surface area contributed by atoms with Gasteiger partial charge < -0.3 is 15.1 Å². The molecule has 0 bridgehead atoms. The number of benzene rings is 1. The Morgan fingerprint density at radius 3 is 2.44 bits per heavy atom. The number of amides is 1. The Labute approximate surface area is 157 Å². The van der Waals surface area contributed by atoms with Crippen LogP contribution in [0.2, 0.25) is 10.0 Å². The molecule has 0 saturated carbocycles. The van der Waals surface area contributed by atoms with Crippen molar-refractivity contribution in [1.82, 2.24) is 9.88 Å². The van der Waals surface area contributed by atoms with Gasteiger partial charge >= 0.3 is 0 Å². The number of likely N-dealkylation sites (N-methyl/N-ethyl adjacent to an activating group) is 1. The predicted molar refractivity (Wildman–Crippen MR) is 103 cm³/mol. The molecule has 1 N–H and O–H groups in total. The maximum absolute atomic E-state index is 12.5. The molecule has 0 unspecified atom stereocenters. The first-order valence-corrected chi connectivity index (χ1v) is 9.01. The van der Waals surface area contributed by atoms with E-state index < -0.39 is 0 Å². The summed E-state index contributed by atoms with van der Waals surface area (Å²) >= 11 is 11.9. The minimum Gasteiger partial charge on any atom is -0.354 e. The van der Waals surface area contributed by atoms with Crippen molar-refractivity contribution in [2.75, 3.05) is 42.9 Å². The summed E-state index contributed by atoms with van der Waals surface area (Å²) in [6, 6.07) is 8.48. The molecular weight excluding hydrogens is 359 g/mol. The molecule has 1 aliphatic rings. The van der Waals surface area contributed by atoms with Crippen LogP contribution in [0.4, 0.5) is 11.5 Å². The lowest BCUT2D eigenvalue weighted by atomic mass is 10.2. The van der Waals surface area contributed by atoms with Crippen molar-refractivity contribution >= 4 is 40.6 Å². The van der Waals surface area contributed by atoms with Gasteiger partial charge in [-0.3, -0.25) is 4.79 Å². The van der Waals surface area contributed by atoms with E-state index in [1.54, 1.807) is 30.5 Å². The van der Waals surface area contributed by atoms with E-state index in [9.17, 15) is 4.79 Å². The molecule has 1 saturated heterocycles. The fraction of sp³-hybridized carbons (Fsp3) is 0.333. The van der Waals surface area contributed by atoms with Crippen molar-refractivity contribution < 1.29 is 4.79 Å². The maximum atomic E-state index is 12.5. The maximum Gasteiger partial charge on any atom is 0.255 e. The summed E-state index contributed by atoms with van der Waals surface area (Å²) in [5, 5.41) is 3.78. The number of rotatable bonds is 4. The van der Waals surface area contributed by atoms with Crippen molar-refractivity contribution in [3.8, 4) is 0 Å². The van der Waals surface area contributed by atoms with Gasteiger partial charge in [-0.15, -0.1) is 0 Å². The fourth-order valence-electron chi connectivity index (χ4n) is 2.86. The third kappa shape index (κ3) is 4.63. The number of piperazine rings is 1. The van der Waals surface area contributed by atoms with Crippen LogP contribution >= 0.6 is 23.2 Å². The monoisotopic (exact) mass is 378 g/mol. The van der Waals surface area contributed by atoms with Gasteiger partial charge in [-0.2, -0.15) is 0 Å². The lowest BCUT2D eigenvalue weighted by Gasteiger charge is -2.34. The van der Waals surface area contributed by atoms with E-state index in [1.807, 2.05) is 6.07 Å². The molecule has 0 atom stereocenters. The van der Waals surface area contributed by atoms with Crippen LogP contribution in [0.25, 0.3) is 0 Å². The zero-order valence-electron chi connectivity index (χ0n) is 14.0. The highest BCUT2D eigenvalue weighted by Crippen LogP contribution is 2.23. The van der Waals surface area contributed by atoms with Crippen LogP contribution in [-0.2, 0) is 0 Å². The molecule has 1 aromatic carbocycles. The fourth-order valence-corrected chi connectivity index (χ4v) is 3.38. The molecule has 2 heterocycles. The van der Waals surface area contributed by atoms with Crippen LogP contribution in [-0.4, -0.2) is 48.5 Å². The van der Waals surface area contributed by atoms with Gasteiger partial charge in [-0.1, -0.05) is 30.1 Å². The number of nitrogens with zero attached hydrogens (tertiary/aromatic N) is 3. The normalized spacial score (nSPS) is 15.2. The second-order valence-corrected chi connectivity index (χ2v) is 6.81. The van der Waals surface area contributed by atoms with Gasteiger partial charge in [-0.05, 0) is 36.9 Å². The first-order valence-electron chi connectivity index (χ1n) is 8.26. The molecule has 1 aromatic heterocycles. The molecule has 0 radical (unpaired) electrons. The van der Waals surface area contributed by atoms with Gasteiger partial charge in [0.2, 0.25) is 0 Å². The molecular formula is C18H20Cl2N4O. The Kier molecular flexibility index (Phi) is 5.78. The number of aromatic nitrogens is 1. The summed E-state index contributed by atoms with van der Waals surface area (Å²) in [7, 11) is 0. The standard InChI is InChI=1S/C18H20Cl2N4O/c1-2-23-5-7-24(8-6-23)17-9-13(3-4-21-17)18(25)22-16-11-14(19)10-15(20)12-16/h3-4,9-12H,2,5-8H2,1H3,(H,22,25). The van der Waals surface area contributed by atoms with Crippen molar-refractivity contribution in [2.45, 2.75) is 6.92 Å². The third-order valence-corrected chi connectivity index (χ3v) is 4.71. The molecule has 25 heavy (non-hydrogen) atoms. The quantitative estimate of drug-likeness (QED) is 0.879. The van der Waals surface area contributed by atoms with Gasteiger partial charge in [-0.25, -0.2) is 4.98 Å². The number of pyridine rings is 1. The summed E-state index contributed by atoms with van der Waals surface area (Å²) in [4.78, 5) is 21.5. The van der Waals surface area contributed by atoms with Crippen molar-refractivity contribution in [3.63, 3.8) is 0 Å². The van der Waals surface area contributed by atoms with Gasteiger partial charge in [0.1, 0.15) is 5.82 Å². The SMILES string of the molecule is CCN1CCN(c2cc(C(=O)Nc3cc(Cl)cc(Cl)c3)ccn2)CC1. The van der Waals surface area contributed by atoms with E-state index >= 15 is 0 Å². The smallest absolute Gasteiger partial charge is 0.255 e. The summed E-state index contributed by atoms with van der Waals surface area (Å²) in [6.45, 7) is 7.07. The highest BCUT2D eigenvalue weighted by molar-refractivity contribution is 6.35. The molecule has 0 spiro atoms. The minimum absolute atomic E-state index is 0.214. The number of carbonyl (C=O) groups is 1. The van der Waals surface area contributed by atoms with Crippen molar-refractivity contribution in [2.24, 2.45) is 0 Å². The number of hydrogen-bond donors (Lipinski definition) is 1. The molecule has 2 aromatic rings. The summed E-state index contributed by atoms with van der Waals surface area (Å²) in [5.41, 5.74) is 1.12. The molecule has 1 aliphatic heterocycles. The Bertz CT molecular complexity index is 740. The van der Waals surface area contributed by atoms with Gasteiger partial charge in [0.05, 0.1) is 0 Å². The van der Waals surface area contributed by atoms with E-state index in [2.05, 4.69) is 27.0 Å². The Morgan fingerprint density at radius 1 is 1.12 bits per heavy atom. The second kappa shape index (κ2) is 8.04. The molecule has 132 valence electrons. The zero-order chi connectivity index (χ0) is 17.8. The lowest BCUT2D eigenvalue weighted by molar-refractivity contribution is 0.102. The number of carbonyl (C=O) groups excluding carboxylic acids is 1. The zero-order valence-corrected chi connectivity index (χ0v) is 15.5.